The van der Waals surface area contributed by atoms with Crippen LogP contribution in [0.4, 0.5) is 35.1 Å². The molecule has 0 heterocycles. The van der Waals surface area contributed by atoms with Crippen molar-refractivity contribution in [2.75, 3.05) is 0 Å². The molecule has 0 amide bonds. The molecule has 0 unspecified atom stereocenters. The molecule has 2 atom stereocenters. The monoisotopic (exact) mass is 358 g/mol. The average molecular weight is 360 g/mol. The van der Waals surface area contributed by atoms with Crippen LogP contribution in [0.3, 0.4) is 0 Å². The molecule has 10 heteroatoms. The number of rotatable bonds is 1. The van der Waals surface area contributed by atoms with Crippen molar-refractivity contribution in [2.45, 2.75) is 21.5 Å². The predicted octanol–water partition coefficient (Wildman–Crippen LogP) is 4.23. The molecule has 0 aliphatic rings. The molecule has 0 saturated carbocycles. The lowest BCUT2D eigenvalue weighted by molar-refractivity contribution is -0.278. The maximum absolute atomic E-state index is 12.5. The Kier molecular flexibility index (Phi) is 3.56. The van der Waals surface area contributed by atoms with Crippen molar-refractivity contribution in [1.82, 2.24) is 0 Å². The van der Waals surface area contributed by atoms with E-state index < -0.39 is 21.5 Å². The van der Waals surface area contributed by atoms with Crippen LogP contribution in [0.1, 0.15) is 0 Å². The van der Waals surface area contributed by atoms with Crippen molar-refractivity contribution in [1.29, 1.82) is 0 Å². The van der Waals surface area contributed by atoms with Gasteiger partial charge in [0.15, 0.2) is 0 Å². The topological polar surface area (TPSA) is 0 Å². The molecule has 0 aliphatic carbocycles. The highest BCUT2D eigenvalue weighted by Crippen LogP contribution is 2.58. The van der Waals surface area contributed by atoms with E-state index in [1.54, 1.807) is 0 Å². The summed E-state index contributed by atoms with van der Waals surface area (Å²) in [7, 11) is 0. The smallest absolute Gasteiger partial charge is 0.216 e. The lowest BCUT2D eigenvalue weighted by Gasteiger charge is -2.32. The maximum atomic E-state index is 12.5. The first-order chi connectivity index (χ1) is 5.75. The highest BCUT2D eigenvalue weighted by Gasteiger charge is 2.77. The van der Waals surface area contributed by atoms with Crippen molar-refractivity contribution < 1.29 is 35.1 Å². The van der Waals surface area contributed by atoms with Crippen LogP contribution in [0.15, 0.2) is 0 Å². The molecular weight excluding hydrogens is 360 g/mol. The van der Waals surface area contributed by atoms with Gasteiger partial charge >= 0.3 is 21.5 Å². The Morgan fingerprint density at radius 1 is 0.500 bits per heavy atom. The van der Waals surface area contributed by atoms with E-state index in [4.69, 9.17) is 0 Å². The quantitative estimate of drug-likeness (QED) is 0.485. The van der Waals surface area contributed by atoms with Crippen molar-refractivity contribution in [3.8, 4) is 0 Å². The molecule has 0 aliphatic heterocycles. The molecule has 0 aromatic heterocycles. The second kappa shape index (κ2) is 3.46. The average Bonchev–Trinajstić information content (AvgIpc) is 1.81. The fourth-order valence-electron chi connectivity index (χ4n) is 0.356. The van der Waals surface area contributed by atoms with Gasteiger partial charge in [-0.05, 0) is 31.9 Å². The molecular formula is C4Br2F8. The van der Waals surface area contributed by atoms with E-state index in [0.717, 1.165) is 31.9 Å². The Morgan fingerprint density at radius 2 is 0.643 bits per heavy atom. The number of hydrogen-bond donors (Lipinski definition) is 0. The van der Waals surface area contributed by atoms with Crippen LogP contribution < -0.4 is 0 Å². The molecule has 0 spiro atoms. The Balaban J connectivity index is 5.30. The molecule has 0 fully saturated rings. The summed E-state index contributed by atoms with van der Waals surface area (Å²) in [5, 5.41) is 0. The van der Waals surface area contributed by atoms with Crippen molar-refractivity contribution in [3.63, 3.8) is 0 Å². The number of halogens is 10. The van der Waals surface area contributed by atoms with Gasteiger partial charge in [-0.15, -0.1) is 0 Å². The Labute approximate surface area is 88.9 Å². The van der Waals surface area contributed by atoms with Crippen LogP contribution in [0.5, 0.6) is 0 Å². The second-order valence-corrected chi connectivity index (χ2v) is 4.33. The number of alkyl halides is 10. The first-order valence-electron chi connectivity index (χ1n) is 2.64. The van der Waals surface area contributed by atoms with Gasteiger partial charge in [-0.2, -0.15) is 26.3 Å². The van der Waals surface area contributed by atoms with Crippen molar-refractivity contribution >= 4 is 31.9 Å². The summed E-state index contributed by atoms with van der Waals surface area (Å²) >= 11 is 2.05. The van der Waals surface area contributed by atoms with Crippen LogP contribution in [0, 0.1) is 0 Å². The summed E-state index contributed by atoms with van der Waals surface area (Å²) in [5.41, 5.74) is 0. The highest BCUT2D eigenvalue weighted by molar-refractivity contribution is 9.12. The first kappa shape index (κ1) is 14.4. The fraction of sp³-hybridized carbons (Fsp3) is 1.00. The molecule has 0 aromatic rings. The van der Waals surface area contributed by atoms with Gasteiger partial charge in [-0.1, -0.05) is 0 Å². The summed E-state index contributed by atoms with van der Waals surface area (Å²) in [5.74, 6) is 0. The summed E-state index contributed by atoms with van der Waals surface area (Å²) in [6.07, 6.45) is -12.1. The molecule has 0 saturated heterocycles. The van der Waals surface area contributed by atoms with Gasteiger partial charge in [-0.25, -0.2) is 8.78 Å². The zero-order valence-electron chi connectivity index (χ0n) is 5.78. The predicted molar refractivity (Wildman–Crippen MR) is 37.6 cm³/mol. The van der Waals surface area contributed by atoms with Gasteiger partial charge in [0, 0.05) is 0 Å². The number of hydrogen-bond acceptors (Lipinski definition) is 0. The normalized spacial score (nSPS) is 22.7. The zero-order valence-corrected chi connectivity index (χ0v) is 8.95. The van der Waals surface area contributed by atoms with E-state index in [9.17, 15) is 35.1 Å². The van der Waals surface area contributed by atoms with Gasteiger partial charge in [-0.3, -0.25) is 0 Å². The fourth-order valence-corrected chi connectivity index (χ4v) is 0.806. The lowest BCUT2D eigenvalue weighted by Crippen LogP contribution is -2.57. The third kappa shape index (κ3) is 2.15. The minimum Gasteiger partial charge on any atom is -0.216 e. The second-order valence-electron chi connectivity index (χ2n) is 2.14. The van der Waals surface area contributed by atoms with Crippen LogP contribution in [0.2, 0.25) is 0 Å². The third-order valence-electron chi connectivity index (χ3n) is 1.11. The Hall–Kier alpha value is 0.400. The first-order valence-corrected chi connectivity index (χ1v) is 4.23. The zero-order chi connectivity index (χ0) is 12.0. The summed E-state index contributed by atoms with van der Waals surface area (Å²) in [4.78, 5) is 0. The third-order valence-corrected chi connectivity index (χ3v) is 3.63. The minimum absolute atomic E-state index is 1.03. The van der Waals surface area contributed by atoms with Crippen molar-refractivity contribution in [3.05, 3.63) is 0 Å². The lowest BCUT2D eigenvalue weighted by atomic mass is 10.2. The summed E-state index contributed by atoms with van der Waals surface area (Å²) in [6.45, 7) is 0. The molecule has 14 heavy (non-hydrogen) atoms. The van der Waals surface area contributed by atoms with E-state index in [0.29, 0.717) is 0 Å². The van der Waals surface area contributed by atoms with Crippen LogP contribution in [-0.4, -0.2) is 21.5 Å². The SMILES string of the molecule is FC(F)(F)[C@@](F)(Br)[C@](F)(Br)C(F)(F)F. The molecule has 0 radical (unpaired) electrons. The molecule has 0 rings (SSSR count). The van der Waals surface area contributed by atoms with E-state index in [-0.39, 0.29) is 0 Å². The summed E-state index contributed by atoms with van der Waals surface area (Å²) < 4.78 is 84.6. The molecule has 0 aromatic carbocycles. The Bertz CT molecular complexity index is 188. The van der Waals surface area contributed by atoms with Gasteiger partial charge in [0.2, 0.25) is 0 Å². The van der Waals surface area contributed by atoms with E-state index in [1.165, 1.54) is 0 Å². The largest absolute Gasteiger partial charge is 0.437 e. The molecule has 0 bridgehead atoms. The minimum atomic E-state index is -6.05. The Morgan fingerprint density at radius 3 is 0.714 bits per heavy atom. The van der Waals surface area contributed by atoms with Gasteiger partial charge in [0.05, 0.1) is 0 Å². The van der Waals surface area contributed by atoms with E-state index in [1.807, 2.05) is 0 Å². The van der Waals surface area contributed by atoms with Crippen LogP contribution >= 0.6 is 31.9 Å². The molecule has 0 nitrogen and oxygen atoms in total. The highest BCUT2D eigenvalue weighted by atomic mass is 79.9. The van der Waals surface area contributed by atoms with E-state index in [2.05, 4.69) is 0 Å². The van der Waals surface area contributed by atoms with Crippen molar-refractivity contribution in [2.24, 2.45) is 0 Å². The summed E-state index contributed by atoms with van der Waals surface area (Å²) in [6, 6.07) is 0. The van der Waals surface area contributed by atoms with Gasteiger partial charge in [0.1, 0.15) is 0 Å². The standard InChI is InChI=1S/C4Br2F8/c5-1(7,3(9,10)11)2(6,8)4(12,13)14/t1-,2-/m1/s1. The molecule has 86 valence electrons. The van der Waals surface area contributed by atoms with Gasteiger partial charge < -0.3 is 0 Å². The molecule has 0 N–H and O–H groups in total. The van der Waals surface area contributed by atoms with E-state index >= 15 is 0 Å². The van der Waals surface area contributed by atoms with Gasteiger partial charge in [0.25, 0.3) is 0 Å². The van der Waals surface area contributed by atoms with Crippen LogP contribution in [0.25, 0.3) is 0 Å². The van der Waals surface area contributed by atoms with Crippen LogP contribution in [-0.2, 0) is 0 Å². The maximum Gasteiger partial charge on any atom is 0.437 e.